The second-order valence-electron chi connectivity index (χ2n) is 6.44. The molecule has 0 saturated carbocycles. The molecule has 0 aliphatic rings. The fraction of sp³-hybridized carbons (Fsp3) is 0.150. The first-order valence-corrected chi connectivity index (χ1v) is 9.62. The molecule has 11 heteroatoms. The van der Waals surface area contributed by atoms with Crippen LogP contribution in [-0.2, 0) is 18.3 Å². The van der Waals surface area contributed by atoms with Crippen LogP contribution in [0.1, 0.15) is 26.4 Å². The first-order chi connectivity index (χ1) is 14.7. The van der Waals surface area contributed by atoms with Crippen molar-refractivity contribution >= 4 is 40.8 Å². The summed E-state index contributed by atoms with van der Waals surface area (Å²) in [6.45, 7) is -0.770. The number of hydrogen-bond acceptors (Lipinski definition) is 7. The molecule has 0 aliphatic heterocycles. The van der Waals surface area contributed by atoms with Crippen LogP contribution in [0.15, 0.2) is 52.1 Å². The Hall–Kier alpha value is -3.43. The normalized spacial score (nSPS) is 10.7. The molecule has 0 saturated heterocycles. The molecule has 0 unspecified atom stereocenters. The summed E-state index contributed by atoms with van der Waals surface area (Å²) in [6.07, 6.45) is 0. The molecule has 3 rings (SSSR count). The van der Waals surface area contributed by atoms with Crippen molar-refractivity contribution in [3.05, 3.63) is 90.3 Å². The first-order valence-electron chi connectivity index (χ1n) is 8.86. The number of Topliss-reactive ketones (excluding diaryl/α,β-unsaturated/α-hetero) is 1. The number of nitrogens with zero attached hydrogens (tertiary/aromatic N) is 3. The number of ketones is 1. The van der Waals surface area contributed by atoms with Gasteiger partial charge in [0.25, 0.3) is 5.56 Å². The number of ether oxygens (including phenoxy) is 1. The van der Waals surface area contributed by atoms with E-state index in [1.807, 2.05) is 0 Å². The highest BCUT2D eigenvalue weighted by Crippen LogP contribution is 2.18. The van der Waals surface area contributed by atoms with Gasteiger partial charge < -0.3 is 10.5 Å². The number of carbonyl (C=O) groups is 2. The number of nitrogen functional groups attached to an aromatic ring is 1. The number of pyridine rings is 1. The van der Waals surface area contributed by atoms with Crippen LogP contribution in [0.4, 0.5) is 5.82 Å². The standard InChI is InChI=1S/C20H16Cl2N4O5/c1-25-18(28)15(17(23)26(20(25)30)9-11-5-3-2-4-6-11)13(27)10-31-19(29)16-12(21)7-8-14(22)24-16/h2-8H,9-10,23H2,1H3. The molecule has 0 atom stereocenters. The SMILES string of the molecule is Cn1c(=O)c(C(=O)COC(=O)c2nc(Cl)ccc2Cl)c(N)n(Cc2ccccc2)c1=O. The van der Waals surface area contributed by atoms with Crippen LogP contribution in [0, 0.1) is 0 Å². The molecule has 9 nitrogen and oxygen atoms in total. The van der Waals surface area contributed by atoms with Gasteiger partial charge in [-0.25, -0.2) is 14.6 Å². The van der Waals surface area contributed by atoms with Crippen LogP contribution in [-0.4, -0.2) is 32.5 Å². The number of benzene rings is 1. The van der Waals surface area contributed by atoms with E-state index in [1.54, 1.807) is 30.3 Å². The number of nitrogens with two attached hydrogens (primary N) is 1. The third-order valence-electron chi connectivity index (χ3n) is 4.39. The minimum Gasteiger partial charge on any atom is -0.453 e. The Balaban J connectivity index is 1.90. The number of halogens is 2. The van der Waals surface area contributed by atoms with Gasteiger partial charge in [0.05, 0.1) is 11.6 Å². The van der Waals surface area contributed by atoms with Crippen LogP contribution in [0.5, 0.6) is 0 Å². The summed E-state index contributed by atoms with van der Waals surface area (Å²) >= 11 is 11.6. The number of esters is 1. The van der Waals surface area contributed by atoms with Crippen molar-refractivity contribution in [1.82, 2.24) is 14.1 Å². The molecular weight excluding hydrogens is 447 g/mol. The number of anilines is 1. The predicted molar refractivity (Wildman–Crippen MR) is 115 cm³/mol. The fourth-order valence-corrected chi connectivity index (χ4v) is 3.13. The quantitative estimate of drug-likeness (QED) is 0.336. The molecule has 160 valence electrons. The molecule has 0 aliphatic carbocycles. The summed E-state index contributed by atoms with van der Waals surface area (Å²) in [7, 11) is 1.23. The minimum atomic E-state index is -1.01. The van der Waals surface area contributed by atoms with Crippen LogP contribution >= 0.6 is 23.2 Å². The molecule has 2 aromatic heterocycles. The Kier molecular flexibility index (Phi) is 6.57. The molecule has 0 bridgehead atoms. The van der Waals surface area contributed by atoms with E-state index in [-0.39, 0.29) is 28.2 Å². The van der Waals surface area contributed by atoms with Crippen molar-refractivity contribution in [3.8, 4) is 0 Å². The summed E-state index contributed by atoms with van der Waals surface area (Å²) in [5.74, 6) is -2.21. The van der Waals surface area contributed by atoms with E-state index < -0.39 is 35.2 Å². The maximum Gasteiger partial charge on any atom is 0.359 e. The van der Waals surface area contributed by atoms with Gasteiger partial charge in [0.1, 0.15) is 16.5 Å². The molecule has 0 amide bonds. The third-order valence-corrected chi connectivity index (χ3v) is 4.90. The van der Waals surface area contributed by atoms with Crippen LogP contribution < -0.4 is 17.0 Å². The van der Waals surface area contributed by atoms with Crippen molar-refractivity contribution in [2.24, 2.45) is 7.05 Å². The average Bonchev–Trinajstić information content (AvgIpc) is 2.76. The van der Waals surface area contributed by atoms with E-state index in [2.05, 4.69) is 4.98 Å². The molecule has 0 radical (unpaired) electrons. The van der Waals surface area contributed by atoms with E-state index in [1.165, 1.54) is 19.2 Å². The highest BCUT2D eigenvalue weighted by molar-refractivity contribution is 6.34. The minimum absolute atomic E-state index is 0.00813. The molecule has 31 heavy (non-hydrogen) atoms. The Morgan fingerprint density at radius 2 is 1.77 bits per heavy atom. The van der Waals surface area contributed by atoms with Gasteiger partial charge in [-0.1, -0.05) is 53.5 Å². The number of hydrogen-bond donors (Lipinski definition) is 1. The highest BCUT2D eigenvalue weighted by atomic mass is 35.5. The maximum atomic E-state index is 12.7. The number of carbonyl (C=O) groups excluding carboxylic acids is 2. The summed E-state index contributed by atoms with van der Waals surface area (Å²) in [5.41, 5.74) is 4.41. The second-order valence-corrected chi connectivity index (χ2v) is 7.24. The van der Waals surface area contributed by atoms with Gasteiger partial charge in [0, 0.05) is 7.05 Å². The van der Waals surface area contributed by atoms with Gasteiger partial charge in [-0.05, 0) is 17.7 Å². The van der Waals surface area contributed by atoms with Gasteiger partial charge in [-0.2, -0.15) is 0 Å². The third kappa shape index (κ3) is 4.68. The molecule has 0 spiro atoms. The largest absolute Gasteiger partial charge is 0.453 e. The van der Waals surface area contributed by atoms with Crippen molar-refractivity contribution < 1.29 is 14.3 Å². The zero-order valence-corrected chi connectivity index (χ0v) is 17.7. The Morgan fingerprint density at radius 1 is 1.10 bits per heavy atom. The van der Waals surface area contributed by atoms with Crippen molar-refractivity contribution in [2.45, 2.75) is 6.54 Å². The monoisotopic (exact) mass is 462 g/mol. The molecule has 1 aromatic carbocycles. The van der Waals surface area contributed by atoms with Crippen LogP contribution in [0.2, 0.25) is 10.2 Å². The van der Waals surface area contributed by atoms with Gasteiger partial charge in [-0.3, -0.25) is 18.7 Å². The molecular formula is C20H16Cl2N4O5. The van der Waals surface area contributed by atoms with Gasteiger partial charge >= 0.3 is 11.7 Å². The number of rotatable bonds is 6. The molecule has 0 fully saturated rings. The zero-order valence-electron chi connectivity index (χ0n) is 16.2. The molecule has 3 aromatic rings. The average molecular weight is 463 g/mol. The lowest BCUT2D eigenvalue weighted by Crippen LogP contribution is -2.43. The summed E-state index contributed by atoms with van der Waals surface area (Å²) in [5, 5.41) is -0.0116. The number of aromatic nitrogens is 3. The Morgan fingerprint density at radius 3 is 2.45 bits per heavy atom. The van der Waals surface area contributed by atoms with E-state index in [0.29, 0.717) is 0 Å². The first kappa shape index (κ1) is 22.3. The van der Waals surface area contributed by atoms with E-state index in [4.69, 9.17) is 33.7 Å². The maximum absolute atomic E-state index is 12.7. The topological polar surface area (TPSA) is 126 Å². The summed E-state index contributed by atoms with van der Waals surface area (Å²) in [4.78, 5) is 53.7. The lowest BCUT2D eigenvalue weighted by molar-refractivity contribution is 0.0468. The lowest BCUT2D eigenvalue weighted by Gasteiger charge is -2.14. The van der Waals surface area contributed by atoms with Crippen molar-refractivity contribution in [1.29, 1.82) is 0 Å². The molecule has 2 heterocycles. The van der Waals surface area contributed by atoms with Crippen LogP contribution in [0.3, 0.4) is 0 Å². The Labute approximate surface area is 185 Å². The smallest absolute Gasteiger partial charge is 0.359 e. The summed E-state index contributed by atoms with van der Waals surface area (Å²) < 4.78 is 6.80. The van der Waals surface area contributed by atoms with Gasteiger partial charge in [0.2, 0.25) is 5.78 Å². The fourth-order valence-electron chi connectivity index (χ4n) is 2.80. The van der Waals surface area contributed by atoms with E-state index in [9.17, 15) is 19.2 Å². The lowest BCUT2D eigenvalue weighted by atomic mass is 10.2. The van der Waals surface area contributed by atoms with Crippen LogP contribution in [0.25, 0.3) is 0 Å². The van der Waals surface area contributed by atoms with Crippen molar-refractivity contribution in [3.63, 3.8) is 0 Å². The van der Waals surface area contributed by atoms with E-state index >= 15 is 0 Å². The van der Waals surface area contributed by atoms with E-state index in [0.717, 1.165) is 14.7 Å². The molecule has 2 N–H and O–H groups in total. The summed E-state index contributed by atoms with van der Waals surface area (Å²) in [6, 6.07) is 11.6. The van der Waals surface area contributed by atoms with Gasteiger partial charge in [-0.15, -0.1) is 0 Å². The predicted octanol–water partition coefficient (Wildman–Crippen LogP) is 1.92. The zero-order chi connectivity index (χ0) is 22.7. The van der Waals surface area contributed by atoms with Crippen molar-refractivity contribution in [2.75, 3.05) is 12.3 Å². The van der Waals surface area contributed by atoms with Gasteiger partial charge in [0.15, 0.2) is 12.3 Å². The Bertz CT molecular complexity index is 1290. The second kappa shape index (κ2) is 9.15. The highest BCUT2D eigenvalue weighted by Gasteiger charge is 2.24.